The third-order valence-corrected chi connectivity index (χ3v) is 3.17. The summed E-state index contributed by atoms with van der Waals surface area (Å²) < 4.78 is 18.1. The van der Waals surface area contributed by atoms with Crippen molar-refractivity contribution < 1.29 is 14.2 Å². The number of allylic oxidation sites excluding steroid dienone is 1. The van der Waals surface area contributed by atoms with Crippen LogP contribution < -0.4 is 0 Å². The van der Waals surface area contributed by atoms with Gasteiger partial charge in [0.1, 0.15) is 11.6 Å². The van der Waals surface area contributed by atoms with E-state index in [0.29, 0.717) is 12.2 Å². The number of nitrogens with zero attached hydrogens (tertiary/aromatic N) is 1. The number of halogens is 1. The van der Waals surface area contributed by atoms with E-state index in [-0.39, 0.29) is 5.57 Å². The van der Waals surface area contributed by atoms with Crippen LogP contribution in [0.3, 0.4) is 0 Å². The van der Waals surface area contributed by atoms with Gasteiger partial charge in [-0.25, -0.2) is 4.39 Å². The van der Waals surface area contributed by atoms with Gasteiger partial charge in [0.15, 0.2) is 0 Å². The van der Waals surface area contributed by atoms with Gasteiger partial charge in [0, 0.05) is 12.1 Å². The third-order valence-electron chi connectivity index (χ3n) is 3.17. The number of rotatable bonds is 7. The van der Waals surface area contributed by atoms with Gasteiger partial charge in [-0.05, 0) is 38.4 Å². The Morgan fingerprint density at radius 1 is 1.44 bits per heavy atom. The van der Waals surface area contributed by atoms with E-state index in [1.807, 2.05) is 0 Å². The fourth-order valence-electron chi connectivity index (χ4n) is 2.05. The summed E-state index contributed by atoms with van der Waals surface area (Å²) in [5, 5.41) is 9.99. The lowest BCUT2D eigenvalue weighted by atomic mass is 10.0. The Hall–Kier alpha value is -1.13. The van der Waals surface area contributed by atoms with Crippen LogP contribution in [0.2, 0.25) is 0 Å². The van der Waals surface area contributed by atoms with Crippen LogP contribution in [0, 0.1) is 0 Å². The zero-order chi connectivity index (χ0) is 13.5. The van der Waals surface area contributed by atoms with Crippen LogP contribution >= 0.6 is 0 Å². The molecule has 1 atom stereocenters. The number of aliphatic hydroxyl groups excluding tert-OH is 1. The van der Waals surface area contributed by atoms with Gasteiger partial charge in [0.05, 0.1) is 13.2 Å². The van der Waals surface area contributed by atoms with Crippen molar-refractivity contribution in [2.45, 2.75) is 25.4 Å². The molecule has 0 aromatic carbocycles. The molecule has 0 amide bonds. The summed E-state index contributed by atoms with van der Waals surface area (Å²) in [7, 11) is 1.45. The van der Waals surface area contributed by atoms with Crippen LogP contribution in [0.5, 0.6) is 0 Å². The first-order valence-electron chi connectivity index (χ1n) is 6.24. The van der Waals surface area contributed by atoms with Crippen molar-refractivity contribution in [3.63, 3.8) is 0 Å². The maximum atomic E-state index is 13.3. The predicted octanol–water partition coefficient (Wildman–Crippen LogP) is 2.40. The third kappa shape index (κ3) is 4.63. The lowest BCUT2D eigenvalue weighted by Crippen LogP contribution is -2.25. The Kier molecular flexibility index (Phi) is 6.09. The summed E-state index contributed by atoms with van der Waals surface area (Å²) in [6.07, 6.45) is 3.43. The number of methoxy groups -OCH3 is 1. The second kappa shape index (κ2) is 7.34. The Bertz CT molecular complexity index is 333. The van der Waals surface area contributed by atoms with Crippen molar-refractivity contribution >= 4 is 0 Å². The minimum absolute atomic E-state index is 0.154. The summed E-state index contributed by atoms with van der Waals surface area (Å²) in [6, 6.07) is 0. The maximum absolute atomic E-state index is 13.3. The second-order valence-electron chi connectivity index (χ2n) is 4.53. The molecule has 0 saturated carbocycles. The lowest BCUT2D eigenvalue weighted by Gasteiger charge is -2.19. The number of hydrogen-bond acceptors (Lipinski definition) is 3. The fourth-order valence-corrected chi connectivity index (χ4v) is 2.05. The number of hydrogen-bond donors (Lipinski definition) is 1. The molecular weight excluding hydrogens is 233 g/mol. The van der Waals surface area contributed by atoms with Crippen LogP contribution in [-0.4, -0.2) is 42.9 Å². The van der Waals surface area contributed by atoms with E-state index in [9.17, 15) is 9.50 Å². The van der Waals surface area contributed by atoms with E-state index >= 15 is 0 Å². The normalized spacial score (nSPS) is 18.7. The first-order valence-corrected chi connectivity index (χ1v) is 6.24. The maximum Gasteiger partial charge on any atom is 0.121 e. The smallest absolute Gasteiger partial charge is 0.121 e. The van der Waals surface area contributed by atoms with Crippen LogP contribution in [0.15, 0.2) is 36.4 Å². The van der Waals surface area contributed by atoms with Crippen molar-refractivity contribution in [2.75, 3.05) is 26.7 Å². The number of aliphatic hydroxyl groups is 1. The van der Waals surface area contributed by atoms with E-state index in [1.165, 1.54) is 26.0 Å². The van der Waals surface area contributed by atoms with Crippen LogP contribution in [0.1, 0.15) is 19.3 Å². The average Bonchev–Trinajstić information content (AvgIpc) is 2.85. The van der Waals surface area contributed by atoms with Gasteiger partial charge in [-0.1, -0.05) is 13.2 Å². The first-order chi connectivity index (χ1) is 8.54. The zero-order valence-electron chi connectivity index (χ0n) is 11.0. The average molecular weight is 255 g/mol. The van der Waals surface area contributed by atoms with Gasteiger partial charge in [-0.15, -0.1) is 0 Å². The molecule has 1 fully saturated rings. The molecular formula is C14H22FNO2. The zero-order valence-corrected chi connectivity index (χ0v) is 11.0. The Labute approximate surface area is 108 Å². The molecule has 4 heteroatoms. The molecule has 0 aromatic heterocycles. The van der Waals surface area contributed by atoms with Gasteiger partial charge in [0.2, 0.25) is 0 Å². The highest BCUT2D eigenvalue weighted by Crippen LogP contribution is 2.20. The minimum Gasteiger partial charge on any atom is -0.497 e. The van der Waals surface area contributed by atoms with Crippen molar-refractivity contribution in [1.82, 2.24) is 4.90 Å². The highest BCUT2D eigenvalue weighted by molar-refractivity contribution is 5.32. The molecule has 0 aromatic rings. The highest BCUT2D eigenvalue weighted by atomic mass is 19.1. The topological polar surface area (TPSA) is 32.7 Å². The van der Waals surface area contributed by atoms with Crippen LogP contribution in [0.4, 0.5) is 4.39 Å². The lowest BCUT2D eigenvalue weighted by molar-refractivity contribution is 0.176. The Balaban J connectivity index is 2.53. The Morgan fingerprint density at radius 2 is 2.06 bits per heavy atom. The van der Waals surface area contributed by atoms with Crippen molar-refractivity contribution in [2.24, 2.45) is 0 Å². The van der Waals surface area contributed by atoms with E-state index < -0.39 is 11.9 Å². The SMILES string of the molecule is C=C(/C=C(\C(=C)F)C(O)CCN1CCCC1)OC. The summed E-state index contributed by atoms with van der Waals surface area (Å²) >= 11 is 0. The molecule has 0 aliphatic carbocycles. The van der Waals surface area contributed by atoms with Gasteiger partial charge >= 0.3 is 0 Å². The van der Waals surface area contributed by atoms with E-state index in [4.69, 9.17) is 4.74 Å². The van der Waals surface area contributed by atoms with Crippen LogP contribution in [0.25, 0.3) is 0 Å². The molecule has 18 heavy (non-hydrogen) atoms. The van der Waals surface area contributed by atoms with E-state index in [0.717, 1.165) is 19.6 Å². The molecule has 1 heterocycles. The van der Waals surface area contributed by atoms with E-state index in [2.05, 4.69) is 18.1 Å². The largest absolute Gasteiger partial charge is 0.497 e. The number of ether oxygens (including phenoxy) is 1. The van der Waals surface area contributed by atoms with Crippen molar-refractivity contribution in [3.8, 4) is 0 Å². The molecule has 1 aliphatic heterocycles. The van der Waals surface area contributed by atoms with Gasteiger partial charge in [-0.2, -0.15) is 0 Å². The molecule has 1 saturated heterocycles. The monoisotopic (exact) mass is 255 g/mol. The van der Waals surface area contributed by atoms with Crippen molar-refractivity contribution in [1.29, 1.82) is 0 Å². The van der Waals surface area contributed by atoms with Crippen LogP contribution in [-0.2, 0) is 4.74 Å². The molecule has 3 nitrogen and oxygen atoms in total. The highest BCUT2D eigenvalue weighted by Gasteiger charge is 2.18. The standard InChI is InChI=1S/C14H22FNO2/c1-11(18-3)10-13(12(2)15)14(17)6-9-16-7-4-5-8-16/h10,14,17H,1-2,4-9H2,3H3/b13-10+. The summed E-state index contributed by atoms with van der Waals surface area (Å²) in [5.74, 6) is -0.328. The fraction of sp³-hybridized carbons (Fsp3) is 0.571. The molecule has 0 radical (unpaired) electrons. The van der Waals surface area contributed by atoms with Gasteiger partial charge in [-0.3, -0.25) is 0 Å². The van der Waals surface area contributed by atoms with Crippen molar-refractivity contribution in [3.05, 3.63) is 36.4 Å². The van der Waals surface area contributed by atoms with Gasteiger partial charge < -0.3 is 14.7 Å². The number of likely N-dealkylation sites (tertiary alicyclic amines) is 1. The molecule has 1 rings (SSSR count). The predicted molar refractivity (Wildman–Crippen MR) is 70.8 cm³/mol. The molecule has 0 spiro atoms. The molecule has 102 valence electrons. The molecule has 1 aliphatic rings. The summed E-state index contributed by atoms with van der Waals surface area (Å²) in [6.45, 7) is 9.72. The minimum atomic E-state index is -0.866. The van der Waals surface area contributed by atoms with Gasteiger partial charge in [0.25, 0.3) is 0 Å². The second-order valence-corrected chi connectivity index (χ2v) is 4.53. The molecule has 0 bridgehead atoms. The summed E-state index contributed by atoms with van der Waals surface area (Å²) in [5.41, 5.74) is 0.154. The quantitative estimate of drug-likeness (QED) is 0.560. The molecule has 1 N–H and O–H groups in total. The molecule has 1 unspecified atom stereocenters. The first kappa shape index (κ1) is 14.9. The summed E-state index contributed by atoms with van der Waals surface area (Å²) in [4.78, 5) is 2.27. The Morgan fingerprint density at radius 3 is 2.56 bits per heavy atom. The van der Waals surface area contributed by atoms with E-state index in [1.54, 1.807) is 0 Å².